The van der Waals surface area contributed by atoms with Gasteiger partial charge in [0.2, 0.25) is 0 Å². The lowest BCUT2D eigenvalue weighted by molar-refractivity contribution is 0.589. The van der Waals surface area contributed by atoms with Gasteiger partial charge in [0.15, 0.2) is 0 Å². The van der Waals surface area contributed by atoms with Gasteiger partial charge in [-0.3, -0.25) is 0 Å². The van der Waals surface area contributed by atoms with Crippen LogP contribution in [0.3, 0.4) is 0 Å². The Morgan fingerprint density at radius 1 is 1.33 bits per heavy atom. The fourth-order valence-corrected chi connectivity index (χ4v) is 1.44. The number of unbranched alkanes of at least 4 members (excludes halogenated alkanes) is 1. The van der Waals surface area contributed by atoms with Crippen LogP contribution >= 0.6 is 0 Å². The fourth-order valence-electron chi connectivity index (χ4n) is 1.44. The monoisotopic (exact) mass is 200 g/mol. The number of nitriles is 1. The number of nitrogens with zero attached hydrogens (tertiary/aromatic N) is 2. The van der Waals surface area contributed by atoms with Crippen molar-refractivity contribution in [2.75, 3.05) is 14.1 Å². The summed E-state index contributed by atoms with van der Waals surface area (Å²) in [5.41, 5.74) is 2.37. The molecule has 1 aromatic carbocycles. The van der Waals surface area contributed by atoms with Gasteiger partial charge in [-0.2, -0.15) is 5.26 Å². The molecule has 2 heteroatoms. The van der Waals surface area contributed by atoms with Gasteiger partial charge in [-0.15, -0.1) is 0 Å². The molecule has 15 heavy (non-hydrogen) atoms. The van der Waals surface area contributed by atoms with E-state index in [4.69, 9.17) is 5.26 Å². The van der Waals surface area contributed by atoms with E-state index in [-0.39, 0.29) is 0 Å². The highest BCUT2D eigenvalue weighted by molar-refractivity contribution is 5.63. The van der Waals surface area contributed by atoms with Crippen molar-refractivity contribution < 1.29 is 0 Å². The summed E-state index contributed by atoms with van der Waals surface area (Å²) >= 11 is 0. The van der Waals surface area contributed by atoms with Crippen molar-refractivity contribution in [3.8, 4) is 6.07 Å². The minimum Gasteiger partial charge on any atom is -0.377 e. The van der Waals surface area contributed by atoms with Crippen LogP contribution in [0.1, 0.15) is 18.4 Å². The molecule has 78 valence electrons. The predicted molar refractivity (Wildman–Crippen MR) is 63.0 cm³/mol. The number of hydrogen-bond donors (Lipinski definition) is 0. The molecule has 0 fully saturated rings. The van der Waals surface area contributed by atoms with Gasteiger partial charge in [0.1, 0.15) is 0 Å². The highest BCUT2D eigenvalue weighted by Crippen LogP contribution is 2.17. The van der Waals surface area contributed by atoms with E-state index in [0.29, 0.717) is 6.42 Å². The molecule has 0 atom stereocenters. The van der Waals surface area contributed by atoms with Crippen LogP contribution < -0.4 is 0 Å². The Morgan fingerprint density at radius 3 is 2.53 bits per heavy atom. The van der Waals surface area contributed by atoms with Crippen LogP contribution in [-0.2, 0) is 0 Å². The second-order valence-electron chi connectivity index (χ2n) is 3.55. The van der Waals surface area contributed by atoms with Crippen LogP contribution in [0, 0.1) is 11.3 Å². The van der Waals surface area contributed by atoms with E-state index in [9.17, 15) is 0 Å². The molecule has 0 aliphatic carbocycles. The molecule has 0 amide bonds. The van der Waals surface area contributed by atoms with Crippen LogP contribution in [-0.4, -0.2) is 19.0 Å². The van der Waals surface area contributed by atoms with Crippen molar-refractivity contribution in [2.45, 2.75) is 12.8 Å². The third-order valence-electron chi connectivity index (χ3n) is 2.15. The van der Waals surface area contributed by atoms with Crippen molar-refractivity contribution in [1.29, 1.82) is 5.26 Å². The second kappa shape index (κ2) is 5.87. The van der Waals surface area contributed by atoms with E-state index in [1.54, 1.807) is 0 Å². The lowest BCUT2D eigenvalue weighted by Crippen LogP contribution is -2.09. The van der Waals surface area contributed by atoms with Crippen LogP contribution in [0.25, 0.3) is 5.70 Å². The van der Waals surface area contributed by atoms with Gasteiger partial charge in [0.05, 0.1) is 6.07 Å². The molecule has 0 heterocycles. The summed E-state index contributed by atoms with van der Waals surface area (Å²) in [5, 5.41) is 8.50. The molecule has 1 rings (SSSR count). The Labute approximate surface area is 91.4 Å². The van der Waals surface area contributed by atoms with Crippen LogP contribution in [0.5, 0.6) is 0 Å². The lowest BCUT2D eigenvalue weighted by Gasteiger charge is -2.17. The fraction of sp³-hybridized carbons (Fsp3) is 0.308. The van der Waals surface area contributed by atoms with E-state index >= 15 is 0 Å². The van der Waals surface area contributed by atoms with Crippen molar-refractivity contribution in [3.63, 3.8) is 0 Å². The van der Waals surface area contributed by atoms with Crippen LogP contribution in [0.15, 0.2) is 36.4 Å². The SMILES string of the molecule is CN(C)/C(=C\CCC#N)c1ccccc1. The second-order valence-corrected chi connectivity index (χ2v) is 3.55. The van der Waals surface area contributed by atoms with Crippen molar-refractivity contribution in [1.82, 2.24) is 4.90 Å². The van der Waals surface area contributed by atoms with Crippen molar-refractivity contribution in [3.05, 3.63) is 42.0 Å². The zero-order valence-corrected chi connectivity index (χ0v) is 9.27. The number of hydrogen-bond acceptors (Lipinski definition) is 2. The first kappa shape index (κ1) is 11.3. The Balaban J connectivity index is 2.85. The summed E-state index contributed by atoms with van der Waals surface area (Å²) in [4.78, 5) is 2.08. The Morgan fingerprint density at radius 2 is 2.00 bits per heavy atom. The summed E-state index contributed by atoms with van der Waals surface area (Å²) < 4.78 is 0. The summed E-state index contributed by atoms with van der Waals surface area (Å²) in [5.74, 6) is 0. The van der Waals surface area contributed by atoms with E-state index in [0.717, 1.165) is 6.42 Å². The van der Waals surface area contributed by atoms with Gasteiger partial charge in [-0.1, -0.05) is 36.4 Å². The Kier molecular flexibility index (Phi) is 4.43. The Hall–Kier alpha value is -1.75. The van der Waals surface area contributed by atoms with Crippen LogP contribution in [0.2, 0.25) is 0 Å². The Bertz CT molecular complexity index is 358. The van der Waals surface area contributed by atoms with E-state index in [1.807, 2.05) is 32.3 Å². The first-order valence-corrected chi connectivity index (χ1v) is 5.05. The molecule has 1 aromatic rings. The number of benzene rings is 1. The highest BCUT2D eigenvalue weighted by atomic mass is 15.1. The minimum atomic E-state index is 0.574. The molecule has 0 saturated heterocycles. The van der Waals surface area contributed by atoms with Gasteiger partial charge >= 0.3 is 0 Å². The van der Waals surface area contributed by atoms with E-state index < -0.39 is 0 Å². The first-order valence-electron chi connectivity index (χ1n) is 5.05. The average molecular weight is 200 g/mol. The van der Waals surface area contributed by atoms with Crippen LogP contribution in [0.4, 0.5) is 0 Å². The molecule has 0 radical (unpaired) electrons. The maximum absolute atomic E-state index is 8.50. The lowest BCUT2D eigenvalue weighted by atomic mass is 10.1. The minimum absolute atomic E-state index is 0.574. The topological polar surface area (TPSA) is 27.0 Å². The zero-order chi connectivity index (χ0) is 11.1. The molecule has 2 nitrogen and oxygen atoms in total. The van der Waals surface area contributed by atoms with E-state index in [2.05, 4.69) is 29.2 Å². The normalized spacial score (nSPS) is 10.9. The molecular formula is C13H16N2. The number of rotatable bonds is 4. The molecule has 0 saturated carbocycles. The maximum atomic E-state index is 8.50. The van der Waals surface area contributed by atoms with E-state index in [1.165, 1.54) is 11.3 Å². The predicted octanol–water partition coefficient (Wildman–Crippen LogP) is 2.89. The molecule has 0 bridgehead atoms. The molecule has 0 N–H and O–H groups in total. The molecule has 0 aliphatic heterocycles. The third kappa shape index (κ3) is 3.47. The third-order valence-corrected chi connectivity index (χ3v) is 2.15. The molecular weight excluding hydrogens is 184 g/mol. The summed E-state index contributed by atoms with van der Waals surface area (Å²) in [7, 11) is 4.04. The summed E-state index contributed by atoms with van der Waals surface area (Å²) in [6.45, 7) is 0. The molecule has 0 spiro atoms. The van der Waals surface area contributed by atoms with Crippen molar-refractivity contribution in [2.24, 2.45) is 0 Å². The summed E-state index contributed by atoms with van der Waals surface area (Å²) in [6, 6.07) is 12.4. The standard InChI is InChI=1S/C13H16N2/c1-15(2)13(10-6-7-11-14)12-8-4-3-5-9-12/h3-5,8-10H,6-7H2,1-2H3/b13-10-. The quantitative estimate of drug-likeness (QED) is 0.699. The van der Waals surface area contributed by atoms with Gasteiger partial charge in [-0.05, 0) is 12.0 Å². The largest absolute Gasteiger partial charge is 0.377 e. The molecule has 0 aromatic heterocycles. The highest BCUT2D eigenvalue weighted by Gasteiger charge is 2.01. The average Bonchev–Trinajstić information content (AvgIpc) is 2.25. The molecule has 0 aliphatic rings. The van der Waals surface area contributed by atoms with Gasteiger partial charge < -0.3 is 4.90 Å². The smallest absolute Gasteiger partial charge is 0.0625 e. The maximum Gasteiger partial charge on any atom is 0.0625 e. The van der Waals surface area contributed by atoms with Gasteiger partial charge in [-0.25, -0.2) is 0 Å². The van der Waals surface area contributed by atoms with Gasteiger partial charge in [0, 0.05) is 26.2 Å². The molecule has 0 unspecified atom stereocenters. The zero-order valence-electron chi connectivity index (χ0n) is 9.27. The number of allylic oxidation sites excluding steroid dienone is 1. The van der Waals surface area contributed by atoms with Crippen molar-refractivity contribution >= 4 is 5.70 Å². The summed E-state index contributed by atoms with van der Waals surface area (Å²) in [6.07, 6.45) is 3.49. The first-order chi connectivity index (χ1) is 7.25. The van der Waals surface area contributed by atoms with Gasteiger partial charge in [0.25, 0.3) is 0 Å².